The first-order valence-corrected chi connectivity index (χ1v) is 9.94. The maximum atomic E-state index is 12.4. The quantitative estimate of drug-likeness (QED) is 0.881. The van der Waals surface area contributed by atoms with E-state index >= 15 is 0 Å². The first-order valence-electron chi connectivity index (χ1n) is 9.94. The molecule has 6 nitrogen and oxygen atoms in total. The third kappa shape index (κ3) is 3.77. The second kappa shape index (κ2) is 7.82. The Hall–Kier alpha value is -2.18. The number of aryl methyl sites for hydroxylation is 1. The van der Waals surface area contributed by atoms with Crippen molar-refractivity contribution in [1.29, 1.82) is 0 Å². The Balaban J connectivity index is 1.48. The summed E-state index contributed by atoms with van der Waals surface area (Å²) in [7, 11) is 0. The topological polar surface area (TPSA) is 59.4 Å². The predicted octanol–water partition coefficient (Wildman–Crippen LogP) is 3.01. The minimum Gasteiger partial charge on any atom is -0.349 e. The van der Waals surface area contributed by atoms with Gasteiger partial charge in [0, 0.05) is 30.8 Å². The third-order valence-electron chi connectivity index (χ3n) is 5.74. The van der Waals surface area contributed by atoms with Gasteiger partial charge in [-0.15, -0.1) is 0 Å². The summed E-state index contributed by atoms with van der Waals surface area (Å²) in [5.74, 6) is 0.0860. The van der Waals surface area contributed by atoms with Crippen molar-refractivity contribution in [3.63, 3.8) is 0 Å². The van der Waals surface area contributed by atoms with E-state index in [-0.39, 0.29) is 11.9 Å². The number of nitrogens with zero attached hydrogens (tertiary/aromatic N) is 3. The van der Waals surface area contributed by atoms with Gasteiger partial charge in [0.1, 0.15) is 0 Å². The molecule has 2 aromatic rings. The van der Waals surface area contributed by atoms with E-state index in [2.05, 4.69) is 47.1 Å². The minimum absolute atomic E-state index is 0.0552. The van der Waals surface area contributed by atoms with E-state index in [1.807, 2.05) is 11.3 Å². The summed E-state index contributed by atoms with van der Waals surface area (Å²) in [6.07, 6.45) is 6.48. The molecule has 1 aromatic carbocycles. The first kappa shape index (κ1) is 18.2. The number of nitrogens with one attached hydrogen (secondary N) is 1. The third-order valence-corrected chi connectivity index (χ3v) is 5.74. The smallest absolute Gasteiger partial charge is 0.221 e. The summed E-state index contributed by atoms with van der Waals surface area (Å²) < 4.78 is 2.06. The van der Waals surface area contributed by atoms with Gasteiger partial charge in [-0.3, -0.25) is 9.63 Å². The molecule has 0 unspecified atom stereocenters. The van der Waals surface area contributed by atoms with Gasteiger partial charge in [0.15, 0.2) is 0 Å². The fourth-order valence-electron chi connectivity index (χ4n) is 4.05. The van der Waals surface area contributed by atoms with Gasteiger partial charge in [0.25, 0.3) is 0 Å². The van der Waals surface area contributed by atoms with Gasteiger partial charge in [-0.05, 0) is 56.7 Å². The van der Waals surface area contributed by atoms with Crippen LogP contribution < -0.4 is 5.32 Å². The number of amides is 1. The van der Waals surface area contributed by atoms with E-state index in [1.165, 1.54) is 16.8 Å². The molecule has 0 bridgehead atoms. The fourth-order valence-corrected chi connectivity index (χ4v) is 4.05. The van der Waals surface area contributed by atoms with Gasteiger partial charge in [0.05, 0.1) is 24.5 Å². The lowest BCUT2D eigenvalue weighted by Crippen LogP contribution is -2.33. The zero-order valence-electron chi connectivity index (χ0n) is 16.2. The highest BCUT2D eigenvalue weighted by atomic mass is 16.7. The van der Waals surface area contributed by atoms with Crippen LogP contribution in [0.3, 0.4) is 0 Å². The van der Waals surface area contributed by atoms with Crippen molar-refractivity contribution in [3.05, 3.63) is 46.8 Å². The second-order valence-electron chi connectivity index (χ2n) is 7.56. The van der Waals surface area contributed by atoms with Gasteiger partial charge in [-0.25, -0.2) is 4.68 Å². The minimum atomic E-state index is 0.0552. The molecule has 1 fully saturated rings. The van der Waals surface area contributed by atoms with Crippen LogP contribution in [0, 0.1) is 13.8 Å². The van der Waals surface area contributed by atoms with E-state index in [1.54, 1.807) is 0 Å². The van der Waals surface area contributed by atoms with Gasteiger partial charge >= 0.3 is 0 Å². The Kier molecular flexibility index (Phi) is 5.27. The van der Waals surface area contributed by atoms with Crippen LogP contribution in [0.5, 0.6) is 0 Å². The highest BCUT2D eigenvalue weighted by molar-refractivity contribution is 5.76. The fraction of sp³-hybridized carbons (Fsp3) is 0.524. The summed E-state index contributed by atoms with van der Waals surface area (Å²) in [6, 6.07) is 6.38. The average Bonchev–Trinajstić information content (AvgIpc) is 3.33. The van der Waals surface area contributed by atoms with Crippen molar-refractivity contribution in [3.8, 4) is 5.69 Å². The molecule has 0 spiro atoms. The lowest BCUT2D eigenvalue weighted by molar-refractivity contribution is -0.131. The van der Waals surface area contributed by atoms with Crippen molar-refractivity contribution in [2.24, 2.45) is 0 Å². The van der Waals surface area contributed by atoms with Gasteiger partial charge in [-0.2, -0.15) is 10.2 Å². The lowest BCUT2D eigenvalue weighted by atomic mass is 9.92. The largest absolute Gasteiger partial charge is 0.349 e. The summed E-state index contributed by atoms with van der Waals surface area (Å²) in [6.45, 7) is 6.62. The number of rotatable bonds is 5. The van der Waals surface area contributed by atoms with Crippen LogP contribution in [0.2, 0.25) is 0 Å². The van der Waals surface area contributed by atoms with Crippen LogP contribution in [0.25, 0.3) is 5.69 Å². The molecule has 1 atom stereocenters. The highest BCUT2D eigenvalue weighted by Crippen LogP contribution is 2.32. The number of hydroxylamine groups is 2. The molecule has 6 heteroatoms. The summed E-state index contributed by atoms with van der Waals surface area (Å²) in [4.78, 5) is 17.9. The Morgan fingerprint density at radius 1 is 1.33 bits per heavy atom. The van der Waals surface area contributed by atoms with E-state index in [9.17, 15) is 4.79 Å². The van der Waals surface area contributed by atoms with Crippen LogP contribution in [0.4, 0.5) is 0 Å². The molecule has 0 saturated carbocycles. The normalized spacial score (nSPS) is 19.9. The lowest BCUT2D eigenvalue weighted by Gasteiger charge is -2.25. The predicted molar refractivity (Wildman–Crippen MR) is 104 cm³/mol. The number of aromatic nitrogens is 2. The van der Waals surface area contributed by atoms with Crippen molar-refractivity contribution < 1.29 is 9.63 Å². The molecule has 27 heavy (non-hydrogen) atoms. The molecular weight excluding hydrogens is 340 g/mol. The average molecular weight is 368 g/mol. The zero-order valence-corrected chi connectivity index (χ0v) is 16.2. The van der Waals surface area contributed by atoms with Crippen LogP contribution in [0.1, 0.15) is 54.1 Å². The Labute approximate surface area is 160 Å². The van der Waals surface area contributed by atoms with E-state index in [4.69, 9.17) is 4.84 Å². The molecule has 1 aliphatic carbocycles. The van der Waals surface area contributed by atoms with E-state index < -0.39 is 0 Å². The summed E-state index contributed by atoms with van der Waals surface area (Å²) >= 11 is 0. The Morgan fingerprint density at radius 3 is 3.04 bits per heavy atom. The monoisotopic (exact) mass is 368 g/mol. The standard InChI is InChI=1S/C21H28N4O2/c1-15-6-3-8-19(16(15)2)25-20-9-4-7-18(17(20)14-22-25)23-21(26)10-12-24-11-5-13-27-24/h3,6,8,14,18H,4-5,7,9-13H2,1-2H3,(H,23,26)/t18-/m1/s1. The number of carbonyl (C=O) groups excluding carboxylic acids is 1. The van der Waals surface area contributed by atoms with Gasteiger partial charge < -0.3 is 5.32 Å². The number of hydrogen-bond acceptors (Lipinski definition) is 4. The van der Waals surface area contributed by atoms with Crippen LogP contribution in [-0.4, -0.2) is 40.4 Å². The van der Waals surface area contributed by atoms with Crippen molar-refractivity contribution in [2.75, 3.05) is 19.7 Å². The molecule has 1 saturated heterocycles. The van der Waals surface area contributed by atoms with Crippen LogP contribution >= 0.6 is 0 Å². The molecule has 1 aliphatic heterocycles. The maximum absolute atomic E-state index is 12.4. The molecular formula is C21H28N4O2. The summed E-state index contributed by atoms with van der Waals surface area (Å²) in [5.41, 5.74) is 6.03. The second-order valence-corrected chi connectivity index (χ2v) is 7.56. The molecule has 2 heterocycles. The SMILES string of the molecule is Cc1cccc(-n2ncc3c2CCC[C@H]3NC(=O)CCN2CCCO2)c1C. The molecule has 1 N–H and O–H groups in total. The molecule has 1 aromatic heterocycles. The first-order chi connectivity index (χ1) is 13.1. The van der Waals surface area contributed by atoms with E-state index in [0.717, 1.165) is 50.1 Å². The number of carbonyl (C=O) groups is 1. The van der Waals surface area contributed by atoms with Crippen molar-refractivity contribution in [1.82, 2.24) is 20.2 Å². The highest BCUT2D eigenvalue weighted by Gasteiger charge is 2.26. The van der Waals surface area contributed by atoms with Crippen LogP contribution in [0.15, 0.2) is 24.4 Å². The molecule has 0 radical (unpaired) electrons. The number of benzene rings is 1. The number of fused-ring (bicyclic) bond motifs is 1. The van der Waals surface area contributed by atoms with Crippen molar-refractivity contribution >= 4 is 5.91 Å². The molecule has 1 amide bonds. The molecule has 4 rings (SSSR count). The Morgan fingerprint density at radius 2 is 2.22 bits per heavy atom. The number of hydrogen-bond donors (Lipinski definition) is 1. The zero-order chi connectivity index (χ0) is 18.8. The Bertz CT molecular complexity index is 824. The van der Waals surface area contributed by atoms with Gasteiger partial charge in [-0.1, -0.05) is 12.1 Å². The van der Waals surface area contributed by atoms with E-state index in [0.29, 0.717) is 13.0 Å². The van der Waals surface area contributed by atoms with Crippen molar-refractivity contribution in [2.45, 2.75) is 52.0 Å². The maximum Gasteiger partial charge on any atom is 0.221 e. The summed E-state index contributed by atoms with van der Waals surface area (Å²) in [5, 5.41) is 9.78. The molecule has 2 aliphatic rings. The van der Waals surface area contributed by atoms with Gasteiger partial charge in [0.2, 0.25) is 5.91 Å². The molecule has 144 valence electrons. The van der Waals surface area contributed by atoms with Crippen LogP contribution in [-0.2, 0) is 16.1 Å².